The molecule has 3 N–H and O–H groups in total. The number of benzene rings is 1. The van der Waals surface area contributed by atoms with Crippen molar-refractivity contribution in [2.24, 2.45) is 0 Å². The van der Waals surface area contributed by atoms with Gasteiger partial charge in [-0.3, -0.25) is 14.9 Å². The van der Waals surface area contributed by atoms with Crippen LogP contribution in [0.1, 0.15) is 19.8 Å². The molecule has 1 aromatic rings. The summed E-state index contributed by atoms with van der Waals surface area (Å²) in [5.41, 5.74) is 0.351. The van der Waals surface area contributed by atoms with Gasteiger partial charge >= 0.3 is 12.0 Å². The number of hydrogen-bond acceptors (Lipinski definition) is 4. The van der Waals surface area contributed by atoms with Gasteiger partial charge in [-0.25, -0.2) is 4.79 Å². The van der Waals surface area contributed by atoms with Crippen LogP contribution in [0.15, 0.2) is 24.3 Å². The summed E-state index contributed by atoms with van der Waals surface area (Å²) in [6, 6.07) is 4.62. The second-order valence-electron chi connectivity index (χ2n) is 4.24. The van der Waals surface area contributed by atoms with Gasteiger partial charge in [-0.1, -0.05) is 0 Å². The highest BCUT2D eigenvalue weighted by atomic mass is 16.6. The molecule has 20 heavy (non-hydrogen) atoms. The first kappa shape index (κ1) is 15.4. The average Bonchev–Trinajstić information content (AvgIpc) is 2.36. The van der Waals surface area contributed by atoms with E-state index in [2.05, 4.69) is 10.6 Å². The molecule has 0 spiro atoms. The quantitative estimate of drug-likeness (QED) is 0.543. The van der Waals surface area contributed by atoms with Crippen LogP contribution in [-0.2, 0) is 4.79 Å². The number of non-ortho nitro benzene ring substituents is 1. The van der Waals surface area contributed by atoms with Crippen LogP contribution < -0.4 is 10.6 Å². The number of carboxylic acid groups (broad SMARTS) is 1. The van der Waals surface area contributed by atoms with E-state index in [-0.39, 0.29) is 18.2 Å². The Morgan fingerprint density at radius 1 is 1.35 bits per heavy atom. The van der Waals surface area contributed by atoms with Crippen molar-refractivity contribution in [2.75, 3.05) is 5.32 Å². The summed E-state index contributed by atoms with van der Waals surface area (Å²) in [5.74, 6) is -0.922. The van der Waals surface area contributed by atoms with Crippen LogP contribution in [0.3, 0.4) is 0 Å². The number of rotatable bonds is 6. The van der Waals surface area contributed by atoms with Gasteiger partial charge in [0.15, 0.2) is 0 Å². The minimum absolute atomic E-state index is 0.0288. The fraction of sp³-hybridized carbons (Fsp3) is 0.333. The molecule has 0 radical (unpaired) electrons. The maximum Gasteiger partial charge on any atom is 0.319 e. The second-order valence-corrected chi connectivity index (χ2v) is 4.24. The van der Waals surface area contributed by atoms with Gasteiger partial charge in [0.1, 0.15) is 0 Å². The van der Waals surface area contributed by atoms with Gasteiger partial charge in [0.05, 0.1) is 4.92 Å². The van der Waals surface area contributed by atoms with Gasteiger partial charge in [-0.2, -0.15) is 0 Å². The van der Waals surface area contributed by atoms with Crippen molar-refractivity contribution in [1.29, 1.82) is 0 Å². The van der Waals surface area contributed by atoms with Crippen molar-refractivity contribution in [3.05, 3.63) is 34.4 Å². The SMILES string of the molecule is CC(CCC(=O)O)NC(=O)Nc1ccc([N+](=O)[O-])cc1. The van der Waals surface area contributed by atoms with Gasteiger partial charge in [0.2, 0.25) is 0 Å². The van der Waals surface area contributed by atoms with E-state index >= 15 is 0 Å². The zero-order valence-corrected chi connectivity index (χ0v) is 10.8. The van der Waals surface area contributed by atoms with E-state index in [9.17, 15) is 19.7 Å². The van der Waals surface area contributed by atoms with Crippen LogP contribution in [0.5, 0.6) is 0 Å². The van der Waals surface area contributed by atoms with E-state index in [1.54, 1.807) is 6.92 Å². The standard InChI is InChI=1S/C12H15N3O5/c1-8(2-7-11(16)17)13-12(18)14-9-3-5-10(6-4-9)15(19)20/h3-6,8H,2,7H2,1H3,(H,16,17)(H2,13,14,18). The number of carbonyl (C=O) groups excluding carboxylic acids is 1. The highest BCUT2D eigenvalue weighted by molar-refractivity contribution is 5.89. The Morgan fingerprint density at radius 2 is 1.95 bits per heavy atom. The number of nitrogens with zero attached hydrogens (tertiary/aromatic N) is 1. The number of aliphatic carboxylic acids is 1. The first-order valence-electron chi connectivity index (χ1n) is 5.92. The van der Waals surface area contributed by atoms with Crippen molar-refractivity contribution in [3.63, 3.8) is 0 Å². The van der Waals surface area contributed by atoms with Crippen LogP contribution in [-0.4, -0.2) is 28.1 Å². The summed E-state index contributed by atoms with van der Waals surface area (Å²) in [6.07, 6.45) is 0.294. The Labute approximate surface area is 114 Å². The van der Waals surface area contributed by atoms with E-state index in [0.29, 0.717) is 12.1 Å². The van der Waals surface area contributed by atoms with Gasteiger partial charge in [-0.05, 0) is 25.5 Å². The van der Waals surface area contributed by atoms with E-state index in [0.717, 1.165) is 0 Å². The molecule has 0 saturated heterocycles. The molecule has 108 valence electrons. The number of carbonyl (C=O) groups is 2. The Morgan fingerprint density at radius 3 is 2.45 bits per heavy atom. The van der Waals surface area contributed by atoms with Crippen molar-refractivity contribution in [1.82, 2.24) is 5.32 Å². The molecular weight excluding hydrogens is 266 g/mol. The number of nitrogens with one attached hydrogen (secondary N) is 2. The van der Waals surface area contributed by atoms with Gasteiger partial charge in [0, 0.05) is 30.3 Å². The minimum atomic E-state index is -0.922. The fourth-order valence-corrected chi connectivity index (χ4v) is 1.47. The Kier molecular flexibility index (Phi) is 5.45. The molecule has 1 unspecified atom stereocenters. The third-order valence-electron chi connectivity index (χ3n) is 2.50. The van der Waals surface area contributed by atoms with E-state index < -0.39 is 16.9 Å². The van der Waals surface area contributed by atoms with Crippen LogP contribution in [0, 0.1) is 10.1 Å². The average molecular weight is 281 g/mol. The molecule has 1 atom stereocenters. The molecule has 0 bridgehead atoms. The number of hydrogen-bond donors (Lipinski definition) is 3. The molecule has 0 aromatic heterocycles. The van der Waals surface area contributed by atoms with Crippen LogP contribution in [0.25, 0.3) is 0 Å². The maximum absolute atomic E-state index is 11.6. The third kappa shape index (κ3) is 5.34. The predicted molar refractivity (Wildman–Crippen MR) is 71.6 cm³/mol. The van der Waals surface area contributed by atoms with Gasteiger partial charge < -0.3 is 15.7 Å². The van der Waals surface area contributed by atoms with Gasteiger partial charge in [0.25, 0.3) is 5.69 Å². The lowest BCUT2D eigenvalue weighted by atomic mass is 10.2. The van der Waals surface area contributed by atoms with E-state index in [1.807, 2.05) is 0 Å². The number of carboxylic acids is 1. The summed E-state index contributed by atoms with van der Waals surface area (Å²) in [5, 5.41) is 24.1. The fourth-order valence-electron chi connectivity index (χ4n) is 1.47. The Balaban J connectivity index is 2.45. The molecule has 8 heteroatoms. The number of urea groups is 1. The molecule has 0 saturated carbocycles. The normalized spacial score (nSPS) is 11.4. The lowest BCUT2D eigenvalue weighted by Gasteiger charge is -2.13. The summed E-state index contributed by atoms with van der Waals surface area (Å²) in [6.45, 7) is 1.69. The molecule has 0 fully saturated rings. The second kappa shape index (κ2) is 7.07. The molecule has 8 nitrogen and oxygen atoms in total. The topological polar surface area (TPSA) is 122 Å². The number of nitro benzene ring substituents is 1. The molecule has 0 aliphatic carbocycles. The highest BCUT2D eigenvalue weighted by Gasteiger charge is 2.10. The largest absolute Gasteiger partial charge is 0.481 e. The molecule has 1 rings (SSSR count). The molecular formula is C12H15N3O5. The molecule has 0 aliphatic heterocycles. The number of amides is 2. The zero-order chi connectivity index (χ0) is 15.1. The van der Waals surface area contributed by atoms with Crippen molar-refractivity contribution in [2.45, 2.75) is 25.8 Å². The summed E-state index contributed by atoms with van der Waals surface area (Å²) in [4.78, 5) is 31.9. The monoisotopic (exact) mass is 281 g/mol. The number of nitro groups is 1. The summed E-state index contributed by atoms with van der Waals surface area (Å²) >= 11 is 0. The summed E-state index contributed by atoms with van der Waals surface area (Å²) in [7, 11) is 0. The first-order chi connectivity index (χ1) is 9.38. The maximum atomic E-state index is 11.6. The van der Waals surface area contributed by atoms with Crippen LogP contribution >= 0.6 is 0 Å². The van der Waals surface area contributed by atoms with Gasteiger partial charge in [-0.15, -0.1) is 0 Å². The predicted octanol–water partition coefficient (Wildman–Crippen LogP) is 1.97. The highest BCUT2D eigenvalue weighted by Crippen LogP contribution is 2.15. The van der Waals surface area contributed by atoms with Crippen molar-refractivity contribution < 1.29 is 19.6 Å². The first-order valence-corrected chi connectivity index (χ1v) is 5.92. The van der Waals surface area contributed by atoms with E-state index in [4.69, 9.17) is 5.11 Å². The lowest BCUT2D eigenvalue weighted by Crippen LogP contribution is -2.36. The third-order valence-corrected chi connectivity index (χ3v) is 2.50. The molecule has 2 amide bonds. The van der Waals surface area contributed by atoms with Crippen molar-refractivity contribution in [3.8, 4) is 0 Å². The number of anilines is 1. The van der Waals surface area contributed by atoms with E-state index in [1.165, 1.54) is 24.3 Å². The van der Waals surface area contributed by atoms with Crippen LogP contribution in [0.2, 0.25) is 0 Å². The molecule has 0 aliphatic rings. The smallest absolute Gasteiger partial charge is 0.319 e. The zero-order valence-electron chi connectivity index (χ0n) is 10.8. The minimum Gasteiger partial charge on any atom is -0.481 e. The molecule has 0 heterocycles. The van der Waals surface area contributed by atoms with Crippen molar-refractivity contribution >= 4 is 23.4 Å². The summed E-state index contributed by atoms with van der Waals surface area (Å²) < 4.78 is 0. The Hall–Kier alpha value is -2.64. The molecule has 1 aromatic carbocycles. The Bertz CT molecular complexity index is 500. The van der Waals surface area contributed by atoms with Crippen LogP contribution in [0.4, 0.5) is 16.2 Å². The lowest BCUT2D eigenvalue weighted by molar-refractivity contribution is -0.384.